The van der Waals surface area contributed by atoms with E-state index in [9.17, 15) is 27.6 Å². The van der Waals surface area contributed by atoms with E-state index in [1.807, 2.05) is 0 Å². The molecule has 0 fully saturated rings. The van der Waals surface area contributed by atoms with Crippen molar-refractivity contribution in [2.24, 2.45) is 0 Å². The third-order valence-electron chi connectivity index (χ3n) is 4.43. The standard InChI is InChI=1S/C24H19F3N2O5/c1-2-33-23(32)34-20-12-8-16(9-13-20)22(31)29-19-5-3-4-18(14-19)28-21(30)15-6-10-17(11-7-15)24(25,26)27/h3-14H,2H2,1H3,(H,28,30)(H,29,31). The van der Waals surface area contributed by atoms with E-state index in [1.165, 1.54) is 30.3 Å². The summed E-state index contributed by atoms with van der Waals surface area (Å²) in [7, 11) is 0. The highest BCUT2D eigenvalue weighted by Gasteiger charge is 2.30. The number of hydrogen-bond acceptors (Lipinski definition) is 5. The molecule has 0 atom stereocenters. The molecule has 0 bridgehead atoms. The molecule has 0 aliphatic heterocycles. The maximum atomic E-state index is 12.7. The number of carbonyl (C=O) groups excluding carboxylic acids is 3. The van der Waals surface area contributed by atoms with E-state index >= 15 is 0 Å². The number of benzene rings is 3. The van der Waals surface area contributed by atoms with Crippen LogP contribution in [0.3, 0.4) is 0 Å². The van der Waals surface area contributed by atoms with E-state index in [2.05, 4.69) is 15.4 Å². The third-order valence-corrected chi connectivity index (χ3v) is 4.43. The number of alkyl halides is 3. The van der Waals surface area contributed by atoms with Crippen LogP contribution in [0.4, 0.5) is 29.3 Å². The Kier molecular flexibility index (Phi) is 7.52. The molecule has 0 aromatic heterocycles. The molecule has 0 saturated heterocycles. The molecule has 10 heteroatoms. The molecule has 0 spiro atoms. The minimum atomic E-state index is -4.49. The second-order valence-electron chi connectivity index (χ2n) is 6.87. The van der Waals surface area contributed by atoms with Gasteiger partial charge in [0.1, 0.15) is 5.75 Å². The lowest BCUT2D eigenvalue weighted by atomic mass is 10.1. The van der Waals surface area contributed by atoms with Gasteiger partial charge in [0, 0.05) is 22.5 Å². The Hall–Kier alpha value is -4.34. The zero-order valence-corrected chi connectivity index (χ0v) is 17.8. The number of amides is 2. The summed E-state index contributed by atoms with van der Waals surface area (Å²) in [5.41, 5.74) is 0.195. The Bertz CT molecular complexity index is 1180. The van der Waals surface area contributed by atoms with Crippen LogP contribution >= 0.6 is 0 Å². The predicted molar refractivity (Wildman–Crippen MR) is 118 cm³/mol. The van der Waals surface area contributed by atoms with Crippen LogP contribution in [0.25, 0.3) is 0 Å². The molecule has 0 saturated carbocycles. The van der Waals surface area contributed by atoms with Crippen molar-refractivity contribution in [3.63, 3.8) is 0 Å². The summed E-state index contributed by atoms with van der Waals surface area (Å²) in [4.78, 5) is 36.2. The Labute approximate surface area is 192 Å². The number of anilines is 2. The Morgan fingerprint density at radius 2 is 1.29 bits per heavy atom. The Morgan fingerprint density at radius 3 is 1.76 bits per heavy atom. The van der Waals surface area contributed by atoms with Crippen molar-refractivity contribution < 1.29 is 37.0 Å². The summed E-state index contributed by atoms with van der Waals surface area (Å²) >= 11 is 0. The van der Waals surface area contributed by atoms with Crippen LogP contribution in [0.5, 0.6) is 5.75 Å². The van der Waals surface area contributed by atoms with Gasteiger partial charge in [-0.25, -0.2) is 4.79 Å². The molecule has 0 radical (unpaired) electrons. The topological polar surface area (TPSA) is 93.7 Å². The monoisotopic (exact) mass is 472 g/mol. The molecule has 176 valence electrons. The highest BCUT2D eigenvalue weighted by molar-refractivity contribution is 6.06. The van der Waals surface area contributed by atoms with Crippen molar-refractivity contribution in [1.29, 1.82) is 0 Å². The van der Waals surface area contributed by atoms with Gasteiger partial charge in [0.15, 0.2) is 0 Å². The first-order chi connectivity index (χ1) is 16.2. The summed E-state index contributed by atoms with van der Waals surface area (Å²) in [6, 6.07) is 15.9. The van der Waals surface area contributed by atoms with Gasteiger partial charge in [0.2, 0.25) is 0 Å². The third kappa shape index (κ3) is 6.58. The van der Waals surface area contributed by atoms with Gasteiger partial charge in [-0.3, -0.25) is 9.59 Å². The van der Waals surface area contributed by atoms with Crippen molar-refractivity contribution in [3.8, 4) is 5.75 Å². The van der Waals surface area contributed by atoms with Gasteiger partial charge in [-0.2, -0.15) is 13.2 Å². The molecular weight excluding hydrogens is 453 g/mol. The highest BCUT2D eigenvalue weighted by Crippen LogP contribution is 2.29. The van der Waals surface area contributed by atoms with Crippen LogP contribution in [-0.2, 0) is 10.9 Å². The van der Waals surface area contributed by atoms with E-state index < -0.39 is 29.7 Å². The van der Waals surface area contributed by atoms with Crippen molar-refractivity contribution in [2.45, 2.75) is 13.1 Å². The summed E-state index contributed by atoms with van der Waals surface area (Å²) in [5.74, 6) is -0.841. The number of ether oxygens (including phenoxy) is 2. The van der Waals surface area contributed by atoms with Gasteiger partial charge in [-0.05, 0) is 73.7 Å². The van der Waals surface area contributed by atoms with Crippen LogP contribution in [0, 0.1) is 0 Å². The largest absolute Gasteiger partial charge is 0.513 e. The highest BCUT2D eigenvalue weighted by atomic mass is 19.4. The maximum absolute atomic E-state index is 12.7. The van der Waals surface area contributed by atoms with Gasteiger partial charge in [0.05, 0.1) is 12.2 Å². The minimum Gasteiger partial charge on any atom is -0.434 e. The van der Waals surface area contributed by atoms with Crippen LogP contribution < -0.4 is 15.4 Å². The van der Waals surface area contributed by atoms with Gasteiger partial charge in [-0.15, -0.1) is 0 Å². The molecule has 0 heterocycles. The first kappa shape index (κ1) is 24.3. The molecule has 0 unspecified atom stereocenters. The molecule has 7 nitrogen and oxygen atoms in total. The van der Waals surface area contributed by atoms with Gasteiger partial charge in [-0.1, -0.05) is 6.07 Å². The van der Waals surface area contributed by atoms with Crippen molar-refractivity contribution in [1.82, 2.24) is 0 Å². The number of hydrogen-bond donors (Lipinski definition) is 2. The molecule has 3 aromatic rings. The van der Waals surface area contributed by atoms with Gasteiger partial charge < -0.3 is 20.1 Å². The molecule has 2 N–H and O–H groups in total. The molecule has 2 amide bonds. The number of carbonyl (C=O) groups is 3. The average molecular weight is 472 g/mol. The van der Waals surface area contributed by atoms with Crippen molar-refractivity contribution in [2.75, 3.05) is 17.2 Å². The van der Waals surface area contributed by atoms with Gasteiger partial charge >= 0.3 is 12.3 Å². The normalized spacial score (nSPS) is 10.8. The lowest BCUT2D eigenvalue weighted by molar-refractivity contribution is -0.137. The summed E-state index contributed by atoms with van der Waals surface area (Å²) < 4.78 is 47.6. The van der Waals surface area contributed by atoms with E-state index in [0.29, 0.717) is 11.4 Å². The van der Waals surface area contributed by atoms with Crippen molar-refractivity contribution >= 4 is 29.3 Å². The van der Waals surface area contributed by atoms with E-state index in [0.717, 1.165) is 24.3 Å². The molecule has 0 aliphatic carbocycles. The minimum absolute atomic E-state index is 0.0487. The Morgan fingerprint density at radius 1 is 0.794 bits per heavy atom. The second-order valence-corrected chi connectivity index (χ2v) is 6.87. The Balaban J connectivity index is 1.62. The summed E-state index contributed by atoms with van der Waals surface area (Å²) in [5, 5.41) is 5.24. The zero-order chi connectivity index (χ0) is 24.7. The predicted octanol–water partition coefficient (Wildman–Crippen LogP) is 5.75. The maximum Gasteiger partial charge on any atom is 0.513 e. The lowest BCUT2D eigenvalue weighted by Gasteiger charge is -2.10. The van der Waals surface area contributed by atoms with Crippen LogP contribution in [0.2, 0.25) is 0 Å². The zero-order valence-electron chi connectivity index (χ0n) is 17.8. The molecule has 3 aromatic carbocycles. The molecule has 0 aliphatic rings. The van der Waals surface area contributed by atoms with Crippen molar-refractivity contribution in [3.05, 3.63) is 89.5 Å². The fourth-order valence-electron chi connectivity index (χ4n) is 2.81. The quantitative estimate of drug-likeness (QED) is 0.352. The second kappa shape index (κ2) is 10.5. The van der Waals surface area contributed by atoms with E-state index in [1.54, 1.807) is 25.1 Å². The fourth-order valence-corrected chi connectivity index (χ4v) is 2.81. The SMILES string of the molecule is CCOC(=O)Oc1ccc(C(=O)Nc2cccc(NC(=O)c3ccc(C(F)(F)F)cc3)c2)cc1. The average Bonchev–Trinajstić information content (AvgIpc) is 2.79. The molecule has 34 heavy (non-hydrogen) atoms. The van der Waals surface area contributed by atoms with Crippen LogP contribution in [-0.4, -0.2) is 24.6 Å². The first-order valence-electron chi connectivity index (χ1n) is 10.0. The number of rotatable bonds is 6. The lowest BCUT2D eigenvalue weighted by Crippen LogP contribution is -2.14. The van der Waals surface area contributed by atoms with E-state index in [-0.39, 0.29) is 23.5 Å². The molecular formula is C24H19F3N2O5. The molecule has 3 rings (SSSR count). The first-order valence-corrected chi connectivity index (χ1v) is 10.0. The smallest absolute Gasteiger partial charge is 0.434 e. The number of nitrogens with one attached hydrogen (secondary N) is 2. The van der Waals surface area contributed by atoms with Crippen LogP contribution in [0.1, 0.15) is 33.2 Å². The fraction of sp³-hybridized carbons (Fsp3) is 0.125. The summed E-state index contributed by atoms with van der Waals surface area (Å²) in [6.07, 6.45) is -5.34. The van der Waals surface area contributed by atoms with Crippen LogP contribution in [0.15, 0.2) is 72.8 Å². The van der Waals surface area contributed by atoms with E-state index in [4.69, 9.17) is 4.74 Å². The van der Waals surface area contributed by atoms with Gasteiger partial charge in [0.25, 0.3) is 11.8 Å². The summed E-state index contributed by atoms with van der Waals surface area (Å²) in [6.45, 7) is 1.81. The number of halogens is 3.